The van der Waals surface area contributed by atoms with E-state index < -0.39 is 39.0 Å². The van der Waals surface area contributed by atoms with Gasteiger partial charge in [-0.15, -0.1) is 0 Å². The lowest BCUT2D eigenvalue weighted by Gasteiger charge is -2.16. The maximum atomic E-state index is 15.2. The van der Waals surface area contributed by atoms with Crippen LogP contribution in [0, 0.1) is 11.6 Å². The van der Waals surface area contributed by atoms with Crippen molar-refractivity contribution in [1.29, 1.82) is 0 Å². The molecule has 33 heavy (non-hydrogen) atoms. The van der Waals surface area contributed by atoms with Gasteiger partial charge >= 0.3 is 0 Å². The number of H-pyrrole nitrogens is 1. The number of nitrogens with one attached hydrogen (secondary N) is 2. The Labute approximate surface area is 195 Å². The lowest BCUT2D eigenvalue weighted by Crippen LogP contribution is -2.18. The second-order valence-electron chi connectivity index (χ2n) is 7.66. The van der Waals surface area contributed by atoms with E-state index in [1.165, 1.54) is 6.20 Å². The van der Waals surface area contributed by atoms with Crippen LogP contribution in [-0.4, -0.2) is 24.3 Å². The predicted molar refractivity (Wildman–Crippen MR) is 127 cm³/mol. The highest BCUT2D eigenvalue weighted by Crippen LogP contribution is 2.36. The van der Waals surface area contributed by atoms with E-state index in [0.29, 0.717) is 22.3 Å². The molecule has 0 fully saturated rings. The van der Waals surface area contributed by atoms with Crippen LogP contribution in [0.4, 0.5) is 14.5 Å². The Morgan fingerprint density at radius 1 is 1.06 bits per heavy atom. The molecule has 1 heterocycles. The van der Waals surface area contributed by atoms with Gasteiger partial charge in [0.05, 0.1) is 17.0 Å². The second-order valence-corrected chi connectivity index (χ2v) is 9.94. The molecule has 1 aromatic heterocycles. The Balaban J connectivity index is 1.77. The molecule has 4 aromatic rings. The largest absolute Gasteiger partial charge is 0.383 e. The van der Waals surface area contributed by atoms with Gasteiger partial charge < -0.3 is 10.1 Å². The van der Waals surface area contributed by atoms with Crippen molar-refractivity contribution in [2.45, 2.75) is 19.4 Å². The minimum Gasteiger partial charge on any atom is -0.383 e. The number of aromatic nitrogens is 1. The highest BCUT2D eigenvalue weighted by atomic mass is 35.5. The average Bonchev–Trinajstić information content (AvgIpc) is 3.19. The summed E-state index contributed by atoms with van der Waals surface area (Å²) in [7, 11) is -3.80. The number of sulfonamides is 1. The van der Waals surface area contributed by atoms with Crippen LogP contribution >= 0.6 is 11.6 Å². The van der Waals surface area contributed by atoms with Crippen LogP contribution in [0.15, 0.2) is 60.8 Å². The Morgan fingerprint density at radius 3 is 2.45 bits per heavy atom. The molecule has 4 rings (SSSR count). The molecular formula is C24H21ClF2N2O3S. The van der Waals surface area contributed by atoms with Crippen LogP contribution < -0.4 is 4.72 Å². The van der Waals surface area contributed by atoms with Crippen molar-refractivity contribution in [3.05, 3.63) is 88.6 Å². The summed E-state index contributed by atoms with van der Waals surface area (Å²) >= 11 is 5.96. The van der Waals surface area contributed by atoms with Crippen molar-refractivity contribution in [3.63, 3.8) is 0 Å². The zero-order valence-corrected chi connectivity index (χ0v) is 19.1. The van der Waals surface area contributed by atoms with E-state index in [-0.39, 0.29) is 11.3 Å². The third-order valence-electron chi connectivity index (χ3n) is 5.32. The fourth-order valence-electron chi connectivity index (χ4n) is 3.73. The van der Waals surface area contributed by atoms with E-state index >= 15 is 4.39 Å². The monoisotopic (exact) mass is 490 g/mol. The number of rotatable bonds is 7. The summed E-state index contributed by atoms with van der Waals surface area (Å²) in [5, 5.41) is 12.1. The topological polar surface area (TPSA) is 82.2 Å². The van der Waals surface area contributed by atoms with Crippen LogP contribution in [0.2, 0.25) is 5.02 Å². The van der Waals surface area contributed by atoms with Gasteiger partial charge in [-0.2, -0.15) is 0 Å². The van der Waals surface area contributed by atoms with Gasteiger partial charge in [-0.05, 0) is 53.9 Å². The number of halogens is 3. The first-order valence-corrected chi connectivity index (χ1v) is 12.3. The fraction of sp³-hybridized carbons (Fsp3) is 0.167. The number of hydrogen-bond donors (Lipinski definition) is 3. The molecule has 0 saturated carbocycles. The normalized spacial score (nSPS) is 12.8. The van der Waals surface area contributed by atoms with E-state index in [1.54, 1.807) is 31.2 Å². The molecule has 0 amide bonds. The first-order chi connectivity index (χ1) is 15.7. The molecule has 3 N–H and O–H groups in total. The Bertz CT molecular complexity index is 1420. The highest BCUT2D eigenvalue weighted by Gasteiger charge is 2.26. The van der Waals surface area contributed by atoms with E-state index in [1.807, 2.05) is 18.2 Å². The van der Waals surface area contributed by atoms with Crippen LogP contribution in [0.5, 0.6) is 0 Å². The highest BCUT2D eigenvalue weighted by molar-refractivity contribution is 7.92. The number of anilines is 1. The van der Waals surface area contributed by atoms with Crippen molar-refractivity contribution >= 4 is 38.2 Å². The minimum absolute atomic E-state index is 0.211. The molecule has 0 saturated heterocycles. The fourth-order valence-corrected chi connectivity index (χ4v) is 4.99. The number of aliphatic hydroxyl groups excluding tert-OH is 1. The SMILES string of the molecule is CCCS(=O)(=O)Nc1ccc(F)c([C@H](O)c2c[nH]c3ccc(-c4ccc(Cl)cc4)cc23)c1F. The first kappa shape index (κ1) is 23.2. The molecule has 0 aliphatic rings. The third kappa shape index (κ3) is 4.73. The molecule has 0 bridgehead atoms. The second kappa shape index (κ2) is 9.13. The molecule has 0 unspecified atom stereocenters. The number of fused-ring (bicyclic) bond motifs is 1. The summed E-state index contributed by atoms with van der Waals surface area (Å²) in [6.45, 7) is 1.67. The van der Waals surface area contributed by atoms with Gasteiger partial charge in [0.15, 0.2) is 5.82 Å². The molecule has 0 radical (unpaired) electrons. The van der Waals surface area contributed by atoms with Gasteiger partial charge in [-0.25, -0.2) is 17.2 Å². The molecule has 3 aromatic carbocycles. The molecule has 172 valence electrons. The van der Waals surface area contributed by atoms with Gasteiger partial charge in [0.2, 0.25) is 10.0 Å². The molecule has 9 heteroatoms. The van der Waals surface area contributed by atoms with Gasteiger partial charge in [0.1, 0.15) is 11.9 Å². The minimum atomic E-state index is -3.80. The Morgan fingerprint density at radius 2 is 1.76 bits per heavy atom. The van der Waals surface area contributed by atoms with Crippen LogP contribution in [-0.2, 0) is 10.0 Å². The first-order valence-electron chi connectivity index (χ1n) is 10.2. The van der Waals surface area contributed by atoms with E-state index in [0.717, 1.165) is 23.3 Å². The van der Waals surface area contributed by atoms with Gasteiger partial charge in [0, 0.05) is 27.7 Å². The zero-order chi connectivity index (χ0) is 23.8. The standard InChI is InChI=1S/C24H21ClF2N2O3S/c1-2-11-33(31,32)29-21-10-8-19(26)22(23(21)27)24(30)18-13-28-20-9-5-15(12-17(18)20)14-3-6-16(25)7-4-14/h3-10,12-13,24,28-30H,2,11H2,1H3/t24-/m1/s1. The van der Waals surface area contributed by atoms with Gasteiger partial charge in [-0.1, -0.05) is 36.7 Å². The van der Waals surface area contributed by atoms with Gasteiger partial charge in [0.25, 0.3) is 0 Å². The lowest BCUT2D eigenvalue weighted by molar-refractivity contribution is 0.211. The zero-order valence-electron chi connectivity index (χ0n) is 17.6. The van der Waals surface area contributed by atoms with Crippen LogP contribution in [0.3, 0.4) is 0 Å². The Kier molecular flexibility index (Phi) is 6.43. The van der Waals surface area contributed by atoms with E-state index in [4.69, 9.17) is 11.6 Å². The quantitative estimate of drug-likeness (QED) is 0.297. The predicted octanol–water partition coefficient (Wildman–Crippen LogP) is 6.00. The maximum absolute atomic E-state index is 15.2. The molecule has 1 atom stereocenters. The lowest BCUT2D eigenvalue weighted by atomic mass is 9.97. The van der Waals surface area contributed by atoms with Crippen LogP contribution in [0.1, 0.15) is 30.6 Å². The number of benzene rings is 3. The number of hydrogen-bond acceptors (Lipinski definition) is 3. The maximum Gasteiger partial charge on any atom is 0.232 e. The van der Waals surface area contributed by atoms with Crippen molar-refractivity contribution in [2.24, 2.45) is 0 Å². The molecule has 5 nitrogen and oxygen atoms in total. The van der Waals surface area contributed by atoms with Crippen molar-refractivity contribution in [3.8, 4) is 11.1 Å². The van der Waals surface area contributed by atoms with Crippen molar-refractivity contribution in [2.75, 3.05) is 10.5 Å². The molecule has 0 aliphatic heterocycles. The third-order valence-corrected chi connectivity index (χ3v) is 7.05. The van der Waals surface area contributed by atoms with Gasteiger partial charge in [-0.3, -0.25) is 4.72 Å². The molecule has 0 aliphatic carbocycles. The number of aliphatic hydroxyl groups is 1. The molecular weight excluding hydrogens is 470 g/mol. The molecule has 0 spiro atoms. The van der Waals surface area contributed by atoms with E-state index in [2.05, 4.69) is 9.71 Å². The summed E-state index contributed by atoms with van der Waals surface area (Å²) < 4.78 is 56.1. The van der Waals surface area contributed by atoms with Crippen LogP contribution in [0.25, 0.3) is 22.0 Å². The van der Waals surface area contributed by atoms with Crippen molar-refractivity contribution < 1.29 is 22.3 Å². The van der Waals surface area contributed by atoms with Crippen molar-refractivity contribution in [1.82, 2.24) is 4.98 Å². The summed E-state index contributed by atoms with van der Waals surface area (Å²) in [6.07, 6.45) is 0.141. The summed E-state index contributed by atoms with van der Waals surface area (Å²) in [6, 6.07) is 14.6. The number of aromatic amines is 1. The smallest absolute Gasteiger partial charge is 0.232 e. The average molecular weight is 491 g/mol. The summed E-state index contributed by atoms with van der Waals surface area (Å²) in [4.78, 5) is 3.00. The Hall–Kier alpha value is -2.94. The summed E-state index contributed by atoms with van der Waals surface area (Å²) in [5.41, 5.74) is 1.58. The summed E-state index contributed by atoms with van der Waals surface area (Å²) in [5.74, 6) is -2.36. The van der Waals surface area contributed by atoms with E-state index in [9.17, 15) is 17.9 Å².